The van der Waals surface area contributed by atoms with Crippen molar-refractivity contribution in [1.82, 2.24) is 4.72 Å². The Morgan fingerprint density at radius 2 is 2.00 bits per heavy atom. The number of hydrogen-bond donors (Lipinski definition) is 1. The zero-order valence-corrected chi connectivity index (χ0v) is 12.8. The number of alkyl halides is 3. The Bertz CT molecular complexity index is 588. The lowest BCUT2D eigenvalue weighted by Crippen LogP contribution is -2.38. The van der Waals surface area contributed by atoms with E-state index in [2.05, 4.69) is 4.74 Å². The quantitative estimate of drug-likeness (QED) is 0.446. The molecule has 10 heteroatoms. The molecule has 0 aliphatic carbocycles. The van der Waals surface area contributed by atoms with Crippen molar-refractivity contribution in [3.8, 4) is 0 Å². The molecule has 1 aromatic rings. The van der Waals surface area contributed by atoms with Crippen molar-refractivity contribution < 1.29 is 31.1 Å². The molecular weight excluding hydrogens is 414 g/mol. The molecular formula is C10H9F3INO4S. The Labute approximate surface area is 126 Å². The molecule has 0 heterocycles. The van der Waals surface area contributed by atoms with E-state index in [4.69, 9.17) is 0 Å². The first-order valence-corrected chi connectivity index (χ1v) is 7.68. The Kier molecular flexibility index (Phi) is 5.77. The van der Waals surface area contributed by atoms with Crippen LogP contribution in [0.1, 0.15) is 10.4 Å². The summed E-state index contributed by atoms with van der Waals surface area (Å²) in [4.78, 5) is 11.5. The highest BCUT2D eigenvalue weighted by atomic mass is 127. The molecule has 0 amide bonds. The van der Waals surface area contributed by atoms with Crippen molar-refractivity contribution in [3.05, 3.63) is 33.4 Å². The number of rotatable bonds is 5. The molecule has 0 spiro atoms. The summed E-state index contributed by atoms with van der Waals surface area (Å²) in [6.07, 6.45) is 0. The zero-order chi connectivity index (χ0) is 15.4. The molecule has 0 bridgehead atoms. The van der Waals surface area contributed by atoms with E-state index in [1.54, 1.807) is 12.1 Å². The SMILES string of the molecule is O=C(OCCNS(=O)(=O)C(F)(F)F)c1cccc(I)c1. The van der Waals surface area contributed by atoms with Gasteiger partial charge in [0.25, 0.3) is 0 Å². The molecule has 0 atom stereocenters. The third-order valence-corrected chi connectivity index (χ3v) is 3.86. The number of carbonyl (C=O) groups excluding carboxylic acids is 1. The van der Waals surface area contributed by atoms with Crippen molar-refractivity contribution in [2.75, 3.05) is 13.2 Å². The maximum absolute atomic E-state index is 12.0. The maximum atomic E-state index is 12.0. The summed E-state index contributed by atoms with van der Waals surface area (Å²) < 4.78 is 63.9. The maximum Gasteiger partial charge on any atom is 0.511 e. The molecule has 0 unspecified atom stereocenters. The third kappa shape index (κ3) is 4.90. The predicted molar refractivity (Wildman–Crippen MR) is 72.4 cm³/mol. The summed E-state index contributed by atoms with van der Waals surface area (Å²) in [6, 6.07) is 6.37. The van der Waals surface area contributed by atoms with Gasteiger partial charge in [-0.1, -0.05) is 6.07 Å². The monoisotopic (exact) mass is 423 g/mol. The molecule has 0 saturated carbocycles. The van der Waals surface area contributed by atoms with Gasteiger partial charge in [-0.25, -0.2) is 17.9 Å². The first-order chi connectivity index (χ1) is 9.13. The number of sulfonamides is 1. The van der Waals surface area contributed by atoms with E-state index in [0.29, 0.717) is 0 Å². The van der Waals surface area contributed by atoms with Gasteiger partial charge in [-0.3, -0.25) is 0 Å². The Balaban J connectivity index is 2.45. The van der Waals surface area contributed by atoms with Crippen LogP contribution in [0.25, 0.3) is 0 Å². The fourth-order valence-corrected chi connectivity index (χ4v) is 2.16. The van der Waals surface area contributed by atoms with Crippen molar-refractivity contribution in [3.63, 3.8) is 0 Å². The topological polar surface area (TPSA) is 72.5 Å². The fourth-order valence-electron chi connectivity index (χ4n) is 1.10. The van der Waals surface area contributed by atoms with Crippen LogP contribution >= 0.6 is 22.6 Å². The molecule has 0 fully saturated rings. The summed E-state index contributed by atoms with van der Waals surface area (Å²) in [5.74, 6) is -0.741. The van der Waals surface area contributed by atoms with Crippen LogP contribution < -0.4 is 4.72 Å². The van der Waals surface area contributed by atoms with Crippen LogP contribution in [-0.2, 0) is 14.8 Å². The number of nitrogens with one attached hydrogen (secondary N) is 1. The van der Waals surface area contributed by atoms with Gasteiger partial charge in [-0.05, 0) is 40.8 Å². The molecule has 1 N–H and O–H groups in total. The fraction of sp³-hybridized carbons (Fsp3) is 0.300. The molecule has 0 saturated heterocycles. The lowest BCUT2D eigenvalue weighted by atomic mass is 10.2. The van der Waals surface area contributed by atoms with Crippen molar-refractivity contribution in [2.24, 2.45) is 0 Å². The first kappa shape index (κ1) is 17.2. The number of esters is 1. The van der Waals surface area contributed by atoms with E-state index < -0.39 is 34.7 Å². The minimum atomic E-state index is -5.41. The lowest BCUT2D eigenvalue weighted by molar-refractivity contribution is -0.0448. The molecule has 0 aromatic heterocycles. The molecule has 112 valence electrons. The summed E-state index contributed by atoms with van der Waals surface area (Å²) in [5, 5.41) is 0. The molecule has 0 radical (unpaired) electrons. The average Bonchev–Trinajstić information content (AvgIpc) is 2.33. The van der Waals surface area contributed by atoms with Crippen molar-refractivity contribution in [2.45, 2.75) is 5.51 Å². The van der Waals surface area contributed by atoms with E-state index >= 15 is 0 Å². The van der Waals surface area contributed by atoms with Crippen LogP contribution in [0.3, 0.4) is 0 Å². The van der Waals surface area contributed by atoms with Gasteiger partial charge < -0.3 is 4.74 Å². The highest BCUT2D eigenvalue weighted by Gasteiger charge is 2.45. The lowest BCUT2D eigenvalue weighted by Gasteiger charge is -2.09. The molecule has 0 aliphatic rings. The van der Waals surface area contributed by atoms with Crippen LogP contribution in [-0.4, -0.2) is 33.0 Å². The first-order valence-electron chi connectivity index (χ1n) is 5.12. The standard InChI is InChI=1S/C10H9F3INO4S/c11-10(12,13)20(17,18)15-4-5-19-9(16)7-2-1-3-8(14)6-7/h1-3,6,15H,4-5H2. The third-order valence-electron chi connectivity index (χ3n) is 1.99. The van der Waals surface area contributed by atoms with Gasteiger partial charge in [-0.2, -0.15) is 13.2 Å². The van der Waals surface area contributed by atoms with Gasteiger partial charge in [0.05, 0.1) is 5.56 Å². The van der Waals surface area contributed by atoms with Gasteiger partial charge in [0, 0.05) is 10.1 Å². The molecule has 1 aromatic carbocycles. The Morgan fingerprint density at radius 3 is 2.55 bits per heavy atom. The summed E-state index contributed by atoms with van der Waals surface area (Å²) in [6.45, 7) is -1.16. The zero-order valence-electron chi connectivity index (χ0n) is 9.78. The molecule has 1 rings (SSSR count). The minimum Gasteiger partial charge on any atom is -0.461 e. The van der Waals surface area contributed by atoms with Gasteiger partial charge in [0.15, 0.2) is 0 Å². The van der Waals surface area contributed by atoms with Crippen LogP contribution in [0.4, 0.5) is 13.2 Å². The number of ether oxygens (including phenoxy) is 1. The highest BCUT2D eigenvalue weighted by molar-refractivity contribution is 14.1. The second-order valence-electron chi connectivity index (χ2n) is 3.49. The Morgan fingerprint density at radius 1 is 1.35 bits per heavy atom. The molecule has 0 aliphatic heterocycles. The average molecular weight is 423 g/mol. The van der Waals surface area contributed by atoms with Crippen LogP contribution in [0.2, 0.25) is 0 Å². The predicted octanol–water partition coefficient (Wildman–Crippen LogP) is 1.89. The number of carbonyl (C=O) groups is 1. The van der Waals surface area contributed by atoms with Gasteiger partial charge >= 0.3 is 21.5 Å². The molecule has 20 heavy (non-hydrogen) atoms. The van der Waals surface area contributed by atoms with Crippen LogP contribution in [0, 0.1) is 3.57 Å². The number of hydrogen-bond acceptors (Lipinski definition) is 4. The van der Waals surface area contributed by atoms with Gasteiger partial charge in [-0.15, -0.1) is 0 Å². The number of halogens is 4. The van der Waals surface area contributed by atoms with E-state index in [9.17, 15) is 26.4 Å². The van der Waals surface area contributed by atoms with E-state index in [0.717, 1.165) is 3.57 Å². The van der Waals surface area contributed by atoms with Crippen molar-refractivity contribution >= 4 is 38.6 Å². The second kappa shape index (κ2) is 6.72. The van der Waals surface area contributed by atoms with Gasteiger partial charge in [0.2, 0.25) is 0 Å². The van der Waals surface area contributed by atoms with Gasteiger partial charge in [0.1, 0.15) is 6.61 Å². The van der Waals surface area contributed by atoms with Crippen LogP contribution in [0.5, 0.6) is 0 Å². The minimum absolute atomic E-state index is 0.232. The largest absolute Gasteiger partial charge is 0.511 e. The second-order valence-corrected chi connectivity index (χ2v) is 6.49. The highest BCUT2D eigenvalue weighted by Crippen LogP contribution is 2.21. The van der Waals surface area contributed by atoms with Crippen LogP contribution in [0.15, 0.2) is 24.3 Å². The van der Waals surface area contributed by atoms with E-state index in [1.807, 2.05) is 22.6 Å². The molecule has 5 nitrogen and oxygen atoms in total. The van der Waals surface area contributed by atoms with E-state index in [1.165, 1.54) is 16.9 Å². The summed E-state index contributed by atoms with van der Waals surface area (Å²) >= 11 is 1.98. The normalized spacial score (nSPS) is 12.2. The summed E-state index contributed by atoms with van der Waals surface area (Å²) in [7, 11) is -5.41. The Hall–Kier alpha value is -0.880. The van der Waals surface area contributed by atoms with Crippen molar-refractivity contribution in [1.29, 1.82) is 0 Å². The summed E-state index contributed by atoms with van der Waals surface area (Å²) in [5.41, 5.74) is -5.15. The van der Waals surface area contributed by atoms with E-state index in [-0.39, 0.29) is 5.56 Å². The smallest absolute Gasteiger partial charge is 0.461 e. The number of benzene rings is 1.